The van der Waals surface area contributed by atoms with Crippen LogP contribution in [0.2, 0.25) is 0 Å². The van der Waals surface area contributed by atoms with Crippen LogP contribution in [0, 0.1) is 0 Å². The van der Waals surface area contributed by atoms with Crippen LogP contribution in [0.1, 0.15) is 23.6 Å². The molecular formula is C66H45N. The molecule has 0 amide bonds. The molecule has 13 rings (SSSR count). The van der Waals surface area contributed by atoms with Crippen LogP contribution in [0.3, 0.4) is 0 Å². The molecule has 12 aromatic rings. The summed E-state index contributed by atoms with van der Waals surface area (Å²) in [4.78, 5) is 2.51. The van der Waals surface area contributed by atoms with E-state index >= 15 is 0 Å². The van der Waals surface area contributed by atoms with Crippen LogP contribution >= 0.6 is 0 Å². The van der Waals surface area contributed by atoms with Crippen molar-refractivity contribution in [2.45, 2.75) is 12.3 Å². The zero-order valence-corrected chi connectivity index (χ0v) is 37.2. The zero-order chi connectivity index (χ0) is 44.5. The molecule has 0 N–H and O–H groups in total. The van der Waals surface area contributed by atoms with Crippen LogP contribution < -0.4 is 4.90 Å². The Morgan fingerprint density at radius 3 is 1.58 bits per heavy atom. The maximum absolute atomic E-state index is 2.51. The number of fused-ring (bicyclic) bond motifs is 9. The molecule has 0 spiro atoms. The highest BCUT2D eigenvalue weighted by Gasteiger charge is 2.42. The lowest BCUT2D eigenvalue weighted by Gasteiger charge is -2.31. The van der Waals surface area contributed by atoms with Gasteiger partial charge in [0.2, 0.25) is 0 Å². The molecular weight excluding hydrogens is 807 g/mol. The molecule has 0 aliphatic heterocycles. The average molecular weight is 852 g/mol. The molecule has 67 heavy (non-hydrogen) atoms. The Bertz CT molecular complexity index is 3850. The third kappa shape index (κ3) is 6.09. The lowest BCUT2D eigenvalue weighted by Crippen LogP contribution is -2.22. The minimum atomic E-state index is -0.325. The largest absolute Gasteiger partial charge is 0.309 e. The van der Waals surface area contributed by atoms with Gasteiger partial charge < -0.3 is 4.90 Å². The Balaban J connectivity index is 1.03. The van der Waals surface area contributed by atoms with Crippen molar-refractivity contribution in [2.75, 3.05) is 4.90 Å². The summed E-state index contributed by atoms with van der Waals surface area (Å²) in [6.07, 6.45) is 0. The second-order valence-electron chi connectivity index (χ2n) is 18.1. The van der Waals surface area contributed by atoms with Gasteiger partial charge in [-0.3, -0.25) is 0 Å². The maximum Gasteiger partial charge on any atom is 0.0543 e. The van der Waals surface area contributed by atoms with E-state index in [4.69, 9.17) is 0 Å². The highest BCUT2D eigenvalue weighted by atomic mass is 15.1. The van der Waals surface area contributed by atoms with E-state index in [1.165, 1.54) is 104 Å². The highest BCUT2D eigenvalue weighted by molar-refractivity contribution is 6.22. The molecule has 1 atom stereocenters. The first kappa shape index (κ1) is 38.9. The summed E-state index contributed by atoms with van der Waals surface area (Å²) in [6, 6.07) is 94.1. The molecule has 0 heterocycles. The van der Waals surface area contributed by atoms with Crippen molar-refractivity contribution < 1.29 is 0 Å². The molecule has 0 saturated heterocycles. The third-order valence-electron chi connectivity index (χ3n) is 14.5. The fourth-order valence-corrected chi connectivity index (χ4v) is 11.4. The molecule has 1 heteroatoms. The van der Waals surface area contributed by atoms with Gasteiger partial charge in [-0.2, -0.15) is 0 Å². The van der Waals surface area contributed by atoms with Gasteiger partial charge in [-0.05, 0) is 131 Å². The van der Waals surface area contributed by atoms with Gasteiger partial charge in [0.25, 0.3) is 0 Å². The molecule has 1 nitrogen and oxygen atoms in total. The van der Waals surface area contributed by atoms with Gasteiger partial charge in [0.15, 0.2) is 0 Å². The van der Waals surface area contributed by atoms with Gasteiger partial charge in [0.05, 0.1) is 11.4 Å². The fourth-order valence-electron chi connectivity index (χ4n) is 11.4. The molecule has 1 aliphatic rings. The minimum Gasteiger partial charge on any atom is -0.309 e. The molecule has 0 radical (unpaired) electrons. The molecule has 314 valence electrons. The molecule has 1 aliphatic carbocycles. The normalized spacial score (nSPS) is 14.1. The summed E-state index contributed by atoms with van der Waals surface area (Å²) in [5, 5.41) is 9.98. The fraction of sp³-hybridized carbons (Fsp3) is 0.0303. The second kappa shape index (κ2) is 15.6. The van der Waals surface area contributed by atoms with Crippen LogP contribution in [0.4, 0.5) is 17.1 Å². The van der Waals surface area contributed by atoms with Gasteiger partial charge >= 0.3 is 0 Å². The van der Waals surface area contributed by atoms with E-state index in [9.17, 15) is 0 Å². The van der Waals surface area contributed by atoms with Crippen molar-refractivity contribution in [2.24, 2.45) is 0 Å². The monoisotopic (exact) mass is 851 g/mol. The number of benzene rings is 12. The molecule has 0 aromatic heterocycles. The molecule has 1 unspecified atom stereocenters. The zero-order valence-electron chi connectivity index (χ0n) is 37.2. The van der Waals surface area contributed by atoms with Crippen molar-refractivity contribution in [3.05, 3.63) is 271 Å². The Hall–Kier alpha value is -8.52. The Kier molecular flexibility index (Phi) is 9.05. The lowest BCUT2D eigenvalue weighted by molar-refractivity contribution is 0.714. The molecule has 0 saturated carbocycles. The van der Waals surface area contributed by atoms with E-state index in [1.807, 2.05) is 0 Å². The van der Waals surface area contributed by atoms with Crippen LogP contribution in [0.15, 0.2) is 255 Å². The van der Waals surface area contributed by atoms with E-state index in [1.54, 1.807) is 0 Å². The summed E-state index contributed by atoms with van der Waals surface area (Å²) in [6.45, 7) is 2.40. The first-order valence-electron chi connectivity index (χ1n) is 23.3. The number of hydrogen-bond acceptors (Lipinski definition) is 1. The van der Waals surface area contributed by atoms with E-state index in [0.29, 0.717) is 0 Å². The van der Waals surface area contributed by atoms with Crippen molar-refractivity contribution in [3.8, 4) is 44.5 Å². The minimum absolute atomic E-state index is 0.325. The quantitative estimate of drug-likeness (QED) is 0.144. The van der Waals surface area contributed by atoms with Crippen molar-refractivity contribution in [3.63, 3.8) is 0 Å². The van der Waals surface area contributed by atoms with Gasteiger partial charge in [0, 0.05) is 22.1 Å². The molecule has 0 bridgehead atoms. The lowest BCUT2D eigenvalue weighted by atomic mass is 9.74. The summed E-state index contributed by atoms with van der Waals surface area (Å²) in [5.41, 5.74) is 16.9. The SMILES string of the molecule is CC1(c2ccccc2)c2ccccc2-c2c(N(c3ccc(-c4ccc5c(c4)c(-c4ccccc4)c(-c4ccccc4)c4ccccc45)cc3)c3cccc4c3ccc3ccccc34)cccc21. The van der Waals surface area contributed by atoms with Crippen molar-refractivity contribution in [1.82, 2.24) is 0 Å². The first-order chi connectivity index (χ1) is 33.1. The number of rotatable bonds is 7. The van der Waals surface area contributed by atoms with E-state index in [2.05, 4.69) is 267 Å². The van der Waals surface area contributed by atoms with Crippen molar-refractivity contribution >= 4 is 60.2 Å². The molecule has 12 aromatic carbocycles. The van der Waals surface area contributed by atoms with Gasteiger partial charge in [-0.1, -0.05) is 224 Å². The highest BCUT2D eigenvalue weighted by Crippen LogP contribution is 2.57. The van der Waals surface area contributed by atoms with Gasteiger partial charge in [-0.15, -0.1) is 0 Å². The first-order valence-corrected chi connectivity index (χ1v) is 23.3. The van der Waals surface area contributed by atoms with Crippen molar-refractivity contribution in [1.29, 1.82) is 0 Å². The Labute approximate surface area is 391 Å². The van der Waals surface area contributed by atoms with Crippen LogP contribution in [0.25, 0.3) is 87.6 Å². The van der Waals surface area contributed by atoms with E-state index in [0.717, 1.165) is 17.1 Å². The number of hydrogen-bond donors (Lipinski definition) is 0. The van der Waals surface area contributed by atoms with Crippen LogP contribution in [0.5, 0.6) is 0 Å². The summed E-state index contributed by atoms with van der Waals surface area (Å²) in [7, 11) is 0. The number of nitrogens with zero attached hydrogens (tertiary/aromatic N) is 1. The summed E-state index contributed by atoms with van der Waals surface area (Å²) >= 11 is 0. The average Bonchev–Trinajstić information content (AvgIpc) is 3.68. The summed E-state index contributed by atoms with van der Waals surface area (Å²) < 4.78 is 0. The Morgan fingerprint density at radius 2 is 0.821 bits per heavy atom. The summed E-state index contributed by atoms with van der Waals surface area (Å²) in [5.74, 6) is 0. The smallest absolute Gasteiger partial charge is 0.0543 e. The van der Waals surface area contributed by atoms with Crippen LogP contribution in [-0.2, 0) is 5.41 Å². The maximum atomic E-state index is 2.51. The standard InChI is InChI=1S/C66H45N/c1-66(49-24-9-4-10-25-49)59-31-16-15-29-57(59)65-60(66)32-18-34-62(65)67(61-33-17-30-52-51-26-12-11-19-45(51)37-42-55(52)61)50-39-35-44(36-40-50)48-38-41-54-53-27-13-14-28-56(53)63(46-20-5-2-6-21-46)64(58(54)43-48)47-22-7-3-8-23-47/h2-43H,1H3. The predicted molar refractivity (Wildman–Crippen MR) is 285 cm³/mol. The Morgan fingerprint density at radius 1 is 0.299 bits per heavy atom. The van der Waals surface area contributed by atoms with E-state index in [-0.39, 0.29) is 5.41 Å². The topological polar surface area (TPSA) is 3.24 Å². The third-order valence-corrected chi connectivity index (χ3v) is 14.5. The van der Waals surface area contributed by atoms with E-state index < -0.39 is 0 Å². The molecule has 0 fully saturated rings. The van der Waals surface area contributed by atoms with Crippen LogP contribution in [-0.4, -0.2) is 0 Å². The number of anilines is 3. The van der Waals surface area contributed by atoms with Gasteiger partial charge in [-0.25, -0.2) is 0 Å². The predicted octanol–water partition coefficient (Wildman–Crippen LogP) is 18.1. The van der Waals surface area contributed by atoms with Gasteiger partial charge in [0.1, 0.15) is 0 Å². The second-order valence-corrected chi connectivity index (χ2v) is 18.1.